The molecule has 3 heteroatoms. The minimum atomic E-state index is 0.767. The molecule has 2 aliphatic rings. The van der Waals surface area contributed by atoms with Gasteiger partial charge in [-0.2, -0.15) is 11.8 Å². The van der Waals surface area contributed by atoms with Gasteiger partial charge in [-0.1, -0.05) is 6.92 Å². The minimum absolute atomic E-state index is 0.767. The van der Waals surface area contributed by atoms with E-state index in [1.165, 1.54) is 38.8 Å². The monoisotopic (exact) mass is 228 g/mol. The number of hydrogen-bond acceptors (Lipinski definition) is 3. The molecule has 0 aromatic heterocycles. The smallest absolute Gasteiger partial charge is 0.0207 e. The summed E-state index contributed by atoms with van der Waals surface area (Å²) in [6.45, 7) is 5.95. The Hall–Kier alpha value is 0.270. The first-order valence-corrected chi connectivity index (χ1v) is 7.62. The van der Waals surface area contributed by atoms with Crippen molar-refractivity contribution in [2.75, 3.05) is 25.9 Å². The van der Waals surface area contributed by atoms with Gasteiger partial charge in [-0.15, -0.1) is 0 Å². The molecule has 0 spiro atoms. The molecule has 88 valence electrons. The summed E-state index contributed by atoms with van der Waals surface area (Å²) in [4.78, 5) is 2.73. The number of likely N-dealkylation sites (tertiary alicyclic amines) is 1. The van der Waals surface area contributed by atoms with Crippen molar-refractivity contribution in [3.63, 3.8) is 0 Å². The average Bonchev–Trinajstić information content (AvgIpc) is 2.85. The molecule has 1 heterocycles. The number of hydrogen-bond donors (Lipinski definition) is 1. The summed E-state index contributed by atoms with van der Waals surface area (Å²) in [7, 11) is 0. The van der Waals surface area contributed by atoms with E-state index in [2.05, 4.69) is 35.2 Å². The van der Waals surface area contributed by atoms with E-state index in [1.54, 1.807) is 0 Å². The summed E-state index contributed by atoms with van der Waals surface area (Å²) >= 11 is 2.06. The zero-order chi connectivity index (χ0) is 10.7. The molecular weight excluding hydrogens is 204 g/mol. The van der Waals surface area contributed by atoms with Crippen molar-refractivity contribution in [3.8, 4) is 0 Å². The lowest BCUT2D eigenvalue weighted by atomic mass is 10.2. The fourth-order valence-electron chi connectivity index (χ4n) is 3.04. The molecule has 0 aromatic carbocycles. The Morgan fingerprint density at radius 2 is 2.20 bits per heavy atom. The van der Waals surface area contributed by atoms with Crippen molar-refractivity contribution in [1.29, 1.82) is 0 Å². The zero-order valence-electron chi connectivity index (χ0n) is 10.0. The summed E-state index contributed by atoms with van der Waals surface area (Å²) < 4.78 is 0. The van der Waals surface area contributed by atoms with Crippen LogP contribution in [0.4, 0.5) is 0 Å². The van der Waals surface area contributed by atoms with E-state index in [4.69, 9.17) is 0 Å². The maximum Gasteiger partial charge on any atom is 0.0207 e. The standard InChI is InChI=1S/C12H24N2S/c1-3-13-10-6-7-14(9-10)11-4-5-12(8-11)15-2/h10-13H,3-9H2,1-2H3. The van der Waals surface area contributed by atoms with Crippen LogP contribution in [0.25, 0.3) is 0 Å². The normalized spacial score (nSPS) is 37.6. The van der Waals surface area contributed by atoms with Crippen molar-refractivity contribution in [2.24, 2.45) is 0 Å². The molecule has 15 heavy (non-hydrogen) atoms. The van der Waals surface area contributed by atoms with Gasteiger partial charge in [-0.3, -0.25) is 4.90 Å². The first kappa shape index (κ1) is 11.7. The van der Waals surface area contributed by atoms with E-state index in [0.717, 1.165) is 23.9 Å². The largest absolute Gasteiger partial charge is 0.313 e. The van der Waals surface area contributed by atoms with Crippen molar-refractivity contribution < 1.29 is 0 Å². The second kappa shape index (κ2) is 5.55. The molecule has 0 radical (unpaired) electrons. The van der Waals surface area contributed by atoms with Gasteiger partial charge in [0.1, 0.15) is 0 Å². The van der Waals surface area contributed by atoms with E-state index < -0.39 is 0 Å². The van der Waals surface area contributed by atoms with Gasteiger partial charge >= 0.3 is 0 Å². The quantitative estimate of drug-likeness (QED) is 0.792. The first-order chi connectivity index (χ1) is 7.33. The predicted octanol–water partition coefficient (Wildman–Crippen LogP) is 1.95. The Morgan fingerprint density at radius 1 is 1.33 bits per heavy atom. The third kappa shape index (κ3) is 2.89. The van der Waals surface area contributed by atoms with E-state index in [9.17, 15) is 0 Å². The fraction of sp³-hybridized carbons (Fsp3) is 1.00. The number of likely N-dealkylation sites (N-methyl/N-ethyl adjacent to an activating group) is 1. The topological polar surface area (TPSA) is 15.3 Å². The molecule has 1 N–H and O–H groups in total. The van der Waals surface area contributed by atoms with Crippen LogP contribution in [0.5, 0.6) is 0 Å². The molecule has 2 fully saturated rings. The van der Waals surface area contributed by atoms with Crippen LogP contribution in [0.15, 0.2) is 0 Å². The molecule has 2 nitrogen and oxygen atoms in total. The summed E-state index contributed by atoms with van der Waals surface area (Å²) in [5.74, 6) is 0. The van der Waals surface area contributed by atoms with Gasteiger partial charge < -0.3 is 5.32 Å². The van der Waals surface area contributed by atoms with Crippen LogP contribution in [0.3, 0.4) is 0 Å². The lowest BCUT2D eigenvalue weighted by molar-refractivity contribution is 0.241. The Bertz CT molecular complexity index is 198. The predicted molar refractivity (Wildman–Crippen MR) is 68.6 cm³/mol. The van der Waals surface area contributed by atoms with Crippen molar-refractivity contribution >= 4 is 11.8 Å². The van der Waals surface area contributed by atoms with Gasteiger partial charge in [0, 0.05) is 30.4 Å². The summed E-state index contributed by atoms with van der Waals surface area (Å²) in [6, 6.07) is 1.66. The number of nitrogens with zero attached hydrogens (tertiary/aromatic N) is 1. The summed E-state index contributed by atoms with van der Waals surface area (Å²) in [5.41, 5.74) is 0. The minimum Gasteiger partial charge on any atom is -0.313 e. The summed E-state index contributed by atoms with van der Waals surface area (Å²) in [6.07, 6.45) is 7.92. The van der Waals surface area contributed by atoms with Gasteiger partial charge in [0.2, 0.25) is 0 Å². The highest BCUT2D eigenvalue weighted by molar-refractivity contribution is 7.99. The SMILES string of the molecule is CCNC1CCN(C2CCC(SC)C2)C1. The zero-order valence-corrected chi connectivity index (χ0v) is 10.9. The third-order valence-corrected chi connectivity index (χ3v) is 5.01. The molecule has 2 rings (SSSR count). The lowest BCUT2D eigenvalue weighted by Crippen LogP contribution is -2.36. The van der Waals surface area contributed by atoms with Crippen molar-refractivity contribution in [2.45, 2.75) is 49.9 Å². The molecule has 1 aliphatic heterocycles. The highest BCUT2D eigenvalue weighted by Gasteiger charge is 2.32. The van der Waals surface area contributed by atoms with Gasteiger partial charge in [-0.05, 0) is 38.5 Å². The maximum absolute atomic E-state index is 3.58. The molecule has 0 bridgehead atoms. The van der Waals surface area contributed by atoms with Crippen LogP contribution in [0.1, 0.15) is 32.6 Å². The second-order valence-corrected chi connectivity index (χ2v) is 6.00. The Balaban J connectivity index is 1.76. The lowest BCUT2D eigenvalue weighted by Gasteiger charge is -2.24. The molecule has 3 unspecified atom stereocenters. The highest BCUT2D eigenvalue weighted by Crippen LogP contribution is 2.32. The van der Waals surface area contributed by atoms with E-state index in [1.807, 2.05) is 0 Å². The number of nitrogens with one attached hydrogen (secondary N) is 1. The van der Waals surface area contributed by atoms with Crippen LogP contribution in [0.2, 0.25) is 0 Å². The Kier molecular flexibility index (Phi) is 4.35. The number of thioether (sulfide) groups is 1. The van der Waals surface area contributed by atoms with Crippen LogP contribution in [0, 0.1) is 0 Å². The summed E-state index contributed by atoms with van der Waals surface area (Å²) in [5, 5.41) is 4.51. The second-order valence-electron chi connectivity index (χ2n) is 4.86. The molecule has 0 amide bonds. The fourth-order valence-corrected chi connectivity index (χ4v) is 3.82. The molecule has 1 saturated carbocycles. The van der Waals surface area contributed by atoms with Gasteiger partial charge in [0.25, 0.3) is 0 Å². The van der Waals surface area contributed by atoms with Gasteiger partial charge in [0.05, 0.1) is 0 Å². The van der Waals surface area contributed by atoms with Gasteiger partial charge in [0.15, 0.2) is 0 Å². The Labute approximate surface area is 98.2 Å². The molecule has 1 saturated heterocycles. The van der Waals surface area contributed by atoms with Crippen LogP contribution in [-0.4, -0.2) is 48.1 Å². The molecule has 1 aliphatic carbocycles. The first-order valence-electron chi connectivity index (χ1n) is 6.33. The maximum atomic E-state index is 3.58. The van der Waals surface area contributed by atoms with E-state index >= 15 is 0 Å². The van der Waals surface area contributed by atoms with Gasteiger partial charge in [-0.25, -0.2) is 0 Å². The van der Waals surface area contributed by atoms with Crippen LogP contribution < -0.4 is 5.32 Å². The molecule has 0 aromatic rings. The molecule has 3 atom stereocenters. The highest BCUT2D eigenvalue weighted by atomic mass is 32.2. The number of rotatable bonds is 4. The van der Waals surface area contributed by atoms with Crippen LogP contribution in [-0.2, 0) is 0 Å². The van der Waals surface area contributed by atoms with Crippen LogP contribution >= 0.6 is 11.8 Å². The van der Waals surface area contributed by atoms with Crippen molar-refractivity contribution in [1.82, 2.24) is 10.2 Å². The average molecular weight is 228 g/mol. The van der Waals surface area contributed by atoms with E-state index in [-0.39, 0.29) is 0 Å². The molecular formula is C12H24N2S. The third-order valence-electron chi connectivity index (χ3n) is 3.92. The van der Waals surface area contributed by atoms with E-state index in [0.29, 0.717) is 0 Å². The van der Waals surface area contributed by atoms with Crippen molar-refractivity contribution in [3.05, 3.63) is 0 Å². The Morgan fingerprint density at radius 3 is 2.87 bits per heavy atom.